The fourth-order valence-electron chi connectivity index (χ4n) is 3.20. The van der Waals surface area contributed by atoms with E-state index in [1.165, 1.54) is 16.7 Å². The molecule has 0 saturated heterocycles. The van der Waals surface area contributed by atoms with E-state index in [2.05, 4.69) is 11.4 Å². The third-order valence-corrected chi connectivity index (χ3v) is 5.46. The Balaban J connectivity index is 1.73. The van der Waals surface area contributed by atoms with Gasteiger partial charge in [-0.15, -0.1) is 11.8 Å². The lowest BCUT2D eigenvalue weighted by atomic mass is 9.83. The number of anilines is 1. The average molecular weight is 329 g/mol. The van der Waals surface area contributed by atoms with Gasteiger partial charge in [-0.2, -0.15) is 5.26 Å². The van der Waals surface area contributed by atoms with Crippen LogP contribution in [-0.2, 0) is 9.59 Å². The van der Waals surface area contributed by atoms with Crippen LogP contribution in [0.25, 0.3) is 0 Å². The van der Waals surface area contributed by atoms with Crippen molar-refractivity contribution >= 4 is 29.3 Å². The molecule has 6 heteroatoms. The minimum absolute atomic E-state index is 0.0279. The summed E-state index contributed by atoms with van der Waals surface area (Å²) in [7, 11) is 0. The monoisotopic (exact) mass is 329 g/mol. The molecule has 0 unspecified atom stereocenters. The van der Waals surface area contributed by atoms with E-state index in [0.29, 0.717) is 18.6 Å². The van der Waals surface area contributed by atoms with Crippen molar-refractivity contribution in [2.75, 3.05) is 17.2 Å². The molecule has 1 aromatic carbocycles. The maximum Gasteiger partial charge on any atom is 0.241 e. The molecule has 0 atom stereocenters. The van der Waals surface area contributed by atoms with Gasteiger partial charge in [0.1, 0.15) is 12.1 Å². The Kier molecular flexibility index (Phi) is 4.58. The first-order chi connectivity index (χ1) is 11.1. The largest absolute Gasteiger partial charge is 0.336 e. The maximum atomic E-state index is 12.4. The van der Waals surface area contributed by atoms with Crippen molar-refractivity contribution in [3.8, 4) is 6.07 Å². The lowest BCUT2D eigenvalue weighted by Crippen LogP contribution is -2.53. The molecule has 120 valence electrons. The SMILES string of the molecule is N#CC1(NC(=O)CN2C(=O)CSc3ccccc32)CCCCC1. The number of carbonyl (C=O) groups is 2. The molecule has 2 amide bonds. The number of thioether (sulfide) groups is 1. The second kappa shape index (κ2) is 6.63. The summed E-state index contributed by atoms with van der Waals surface area (Å²) < 4.78 is 0. The third kappa shape index (κ3) is 3.35. The molecular formula is C17H19N3O2S. The van der Waals surface area contributed by atoms with Gasteiger partial charge in [0.05, 0.1) is 17.5 Å². The highest BCUT2D eigenvalue weighted by Gasteiger charge is 2.35. The zero-order valence-corrected chi connectivity index (χ0v) is 13.7. The van der Waals surface area contributed by atoms with E-state index in [0.717, 1.165) is 29.8 Å². The number of hydrogen-bond acceptors (Lipinski definition) is 4. The van der Waals surface area contributed by atoms with Crippen molar-refractivity contribution in [1.82, 2.24) is 5.32 Å². The second-order valence-corrected chi connectivity index (χ2v) is 7.06. The molecule has 0 radical (unpaired) electrons. The first-order valence-electron chi connectivity index (χ1n) is 7.88. The van der Waals surface area contributed by atoms with Gasteiger partial charge < -0.3 is 10.2 Å². The molecule has 0 spiro atoms. The van der Waals surface area contributed by atoms with Gasteiger partial charge in [-0.1, -0.05) is 31.4 Å². The molecule has 1 aliphatic heterocycles. The van der Waals surface area contributed by atoms with Crippen molar-refractivity contribution in [3.05, 3.63) is 24.3 Å². The number of nitriles is 1. The zero-order valence-electron chi connectivity index (χ0n) is 12.9. The Hall–Kier alpha value is -2.00. The van der Waals surface area contributed by atoms with Crippen molar-refractivity contribution in [1.29, 1.82) is 5.26 Å². The van der Waals surface area contributed by atoms with Gasteiger partial charge in [-0.3, -0.25) is 9.59 Å². The average Bonchev–Trinajstić information content (AvgIpc) is 2.58. The predicted molar refractivity (Wildman–Crippen MR) is 89.1 cm³/mol. The van der Waals surface area contributed by atoms with Crippen LogP contribution in [0.1, 0.15) is 32.1 Å². The highest BCUT2D eigenvalue weighted by atomic mass is 32.2. The van der Waals surface area contributed by atoms with Crippen molar-refractivity contribution < 1.29 is 9.59 Å². The number of nitrogens with one attached hydrogen (secondary N) is 1. The fourth-order valence-corrected chi connectivity index (χ4v) is 4.13. The topological polar surface area (TPSA) is 73.2 Å². The van der Waals surface area contributed by atoms with Crippen LogP contribution in [0, 0.1) is 11.3 Å². The van der Waals surface area contributed by atoms with Crippen LogP contribution >= 0.6 is 11.8 Å². The molecular weight excluding hydrogens is 310 g/mol. The summed E-state index contributed by atoms with van der Waals surface area (Å²) in [5, 5.41) is 12.3. The van der Waals surface area contributed by atoms with Crippen LogP contribution in [0.4, 0.5) is 5.69 Å². The van der Waals surface area contributed by atoms with Gasteiger partial charge >= 0.3 is 0 Å². The quantitative estimate of drug-likeness (QED) is 0.924. The molecule has 1 fully saturated rings. The number of nitrogens with zero attached hydrogens (tertiary/aromatic N) is 2. The number of para-hydroxylation sites is 1. The van der Waals surface area contributed by atoms with Gasteiger partial charge in [-0.05, 0) is 25.0 Å². The Labute approximate surface area is 140 Å². The van der Waals surface area contributed by atoms with E-state index in [1.807, 2.05) is 24.3 Å². The Morgan fingerprint density at radius 3 is 2.78 bits per heavy atom. The first kappa shape index (κ1) is 15.9. The summed E-state index contributed by atoms with van der Waals surface area (Å²) in [4.78, 5) is 27.2. The summed E-state index contributed by atoms with van der Waals surface area (Å²) in [6.07, 6.45) is 4.39. The number of amides is 2. The van der Waals surface area contributed by atoms with Crippen LogP contribution in [0.15, 0.2) is 29.2 Å². The van der Waals surface area contributed by atoms with Crippen LogP contribution in [0.2, 0.25) is 0 Å². The van der Waals surface area contributed by atoms with E-state index in [9.17, 15) is 14.9 Å². The van der Waals surface area contributed by atoms with Gasteiger partial charge in [0.15, 0.2) is 0 Å². The fraction of sp³-hybridized carbons (Fsp3) is 0.471. The van der Waals surface area contributed by atoms with Crippen LogP contribution in [-0.4, -0.2) is 29.7 Å². The molecule has 23 heavy (non-hydrogen) atoms. The van der Waals surface area contributed by atoms with Gasteiger partial charge in [0, 0.05) is 4.90 Å². The zero-order chi connectivity index (χ0) is 16.3. The second-order valence-electron chi connectivity index (χ2n) is 6.04. The summed E-state index contributed by atoms with van der Waals surface area (Å²) >= 11 is 1.49. The number of rotatable bonds is 3. The maximum absolute atomic E-state index is 12.4. The minimum atomic E-state index is -0.761. The lowest BCUT2D eigenvalue weighted by molar-refractivity contribution is -0.124. The smallest absolute Gasteiger partial charge is 0.241 e. The Bertz CT molecular complexity index is 662. The van der Waals surface area contributed by atoms with Crippen LogP contribution in [0.5, 0.6) is 0 Å². The molecule has 1 heterocycles. The van der Waals surface area contributed by atoms with E-state index in [1.54, 1.807) is 0 Å². The van der Waals surface area contributed by atoms with E-state index in [4.69, 9.17) is 0 Å². The van der Waals surface area contributed by atoms with E-state index < -0.39 is 5.54 Å². The van der Waals surface area contributed by atoms with E-state index in [-0.39, 0.29) is 18.4 Å². The Morgan fingerprint density at radius 1 is 1.30 bits per heavy atom. The van der Waals surface area contributed by atoms with Gasteiger partial charge in [0.25, 0.3) is 0 Å². The number of hydrogen-bond donors (Lipinski definition) is 1. The normalized spacial score (nSPS) is 19.6. The molecule has 1 aromatic rings. The minimum Gasteiger partial charge on any atom is -0.336 e. The highest BCUT2D eigenvalue weighted by molar-refractivity contribution is 8.00. The molecule has 5 nitrogen and oxygen atoms in total. The van der Waals surface area contributed by atoms with Crippen molar-refractivity contribution in [2.45, 2.75) is 42.5 Å². The predicted octanol–water partition coefficient (Wildman–Crippen LogP) is 2.47. The highest BCUT2D eigenvalue weighted by Crippen LogP contribution is 2.35. The summed E-state index contributed by atoms with van der Waals surface area (Å²) in [5.41, 5.74) is 0.0150. The van der Waals surface area contributed by atoms with Gasteiger partial charge in [0.2, 0.25) is 11.8 Å². The van der Waals surface area contributed by atoms with Crippen molar-refractivity contribution in [2.24, 2.45) is 0 Å². The number of benzene rings is 1. The standard InChI is InChI=1S/C17H19N3O2S/c18-12-17(8-4-1-5-9-17)19-15(21)10-20-13-6-2-3-7-14(13)23-11-16(20)22/h2-3,6-7H,1,4-5,8-11H2,(H,19,21). The Morgan fingerprint density at radius 2 is 2.04 bits per heavy atom. The molecule has 0 bridgehead atoms. The summed E-state index contributed by atoms with van der Waals surface area (Å²) in [6.45, 7) is -0.0279. The van der Waals surface area contributed by atoms with Crippen LogP contribution in [0.3, 0.4) is 0 Å². The number of carbonyl (C=O) groups excluding carboxylic acids is 2. The molecule has 0 aromatic heterocycles. The van der Waals surface area contributed by atoms with E-state index >= 15 is 0 Å². The summed E-state index contributed by atoms with van der Waals surface area (Å²) in [5.74, 6) is 0.00948. The lowest BCUT2D eigenvalue weighted by Gasteiger charge is -2.33. The third-order valence-electron chi connectivity index (χ3n) is 4.41. The molecule has 2 aliphatic rings. The molecule has 1 aliphatic carbocycles. The first-order valence-corrected chi connectivity index (χ1v) is 8.87. The molecule has 1 N–H and O–H groups in total. The molecule has 3 rings (SSSR count). The van der Waals surface area contributed by atoms with Gasteiger partial charge in [-0.25, -0.2) is 0 Å². The van der Waals surface area contributed by atoms with Crippen molar-refractivity contribution in [3.63, 3.8) is 0 Å². The van der Waals surface area contributed by atoms with Crippen LogP contribution < -0.4 is 10.2 Å². The number of fused-ring (bicyclic) bond motifs is 1. The molecule has 1 saturated carbocycles. The summed E-state index contributed by atoms with van der Waals surface area (Å²) in [6, 6.07) is 9.87.